The molecular formula is C14H19N3O2S. The third-order valence-electron chi connectivity index (χ3n) is 2.79. The molecule has 2 aromatic rings. The molecule has 1 aromatic carbocycles. The first-order chi connectivity index (χ1) is 9.79. The van der Waals surface area contributed by atoms with Gasteiger partial charge in [0.1, 0.15) is 15.8 Å². The number of aryl methyl sites for hydroxylation is 1. The largest absolute Gasteiger partial charge is 0.508 e. The summed E-state index contributed by atoms with van der Waals surface area (Å²) in [4.78, 5) is 0. The van der Waals surface area contributed by atoms with E-state index in [2.05, 4.69) is 15.5 Å². The molecule has 0 aliphatic heterocycles. The highest BCUT2D eigenvalue weighted by Gasteiger charge is 2.06. The maximum absolute atomic E-state index is 9.46. The van der Waals surface area contributed by atoms with Crippen molar-refractivity contribution in [1.29, 1.82) is 0 Å². The van der Waals surface area contributed by atoms with E-state index in [1.54, 1.807) is 30.6 Å². The highest BCUT2D eigenvalue weighted by atomic mass is 32.1. The third-order valence-corrected chi connectivity index (χ3v) is 3.82. The number of hydrogen-bond acceptors (Lipinski definition) is 6. The van der Waals surface area contributed by atoms with Crippen LogP contribution in [-0.2, 0) is 11.2 Å². The minimum Gasteiger partial charge on any atom is -0.508 e. The first-order valence-electron chi connectivity index (χ1n) is 6.61. The number of aromatic nitrogens is 2. The molecular weight excluding hydrogens is 274 g/mol. The summed E-state index contributed by atoms with van der Waals surface area (Å²) in [7, 11) is 1.70. The molecule has 0 bridgehead atoms. The van der Waals surface area contributed by atoms with Crippen molar-refractivity contribution in [2.24, 2.45) is 0 Å². The zero-order valence-corrected chi connectivity index (χ0v) is 12.3. The minimum atomic E-state index is 0.251. The molecule has 20 heavy (non-hydrogen) atoms. The molecule has 1 aromatic heterocycles. The predicted molar refractivity (Wildman–Crippen MR) is 80.1 cm³/mol. The van der Waals surface area contributed by atoms with E-state index in [1.807, 2.05) is 12.1 Å². The van der Waals surface area contributed by atoms with E-state index < -0.39 is 0 Å². The molecule has 6 heteroatoms. The monoisotopic (exact) mass is 293 g/mol. The van der Waals surface area contributed by atoms with E-state index in [4.69, 9.17) is 4.74 Å². The summed E-state index contributed by atoms with van der Waals surface area (Å²) in [6.45, 7) is 2.56. The number of rotatable bonds is 8. The molecule has 0 saturated carbocycles. The van der Waals surface area contributed by atoms with Crippen molar-refractivity contribution in [1.82, 2.24) is 15.5 Å². The lowest BCUT2D eigenvalue weighted by atomic mass is 10.2. The molecule has 0 saturated heterocycles. The van der Waals surface area contributed by atoms with E-state index in [1.165, 1.54) is 0 Å². The fourth-order valence-corrected chi connectivity index (χ4v) is 2.65. The zero-order chi connectivity index (χ0) is 14.2. The van der Waals surface area contributed by atoms with Gasteiger partial charge in [0.05, 0.1) is 6.61 Å². The van der Waals surface area contributed by atoms with Crippen LogP contribution < -0.4 is 5.32 Å². The Morgan fingerprint density at radius 3 is 3.00 bits per heavy atom. The Morgan fingerprint density at radius 1 is 1.30 bits per heavy atom. The van der Waals surface area contributed by atoms with E-state index >= 15 is 0 Å². The second-order valence-electron chi connectivity index (χ2n) is 4.40. The average Bonchev–Trinajstić information content (AvgIpc) is 2.91. The van der Waals surface area contributed by atoms with Gasteiger partial charge in [-0.2, -0.15) is 0 Å². The van der Waals surface area contributed by atoms with Gasteiger partial charge in [-0.15, -0.1) is 10.2 Å². The van der Waals surface area contributed by atoms with Crippen LogP contribution in [0.25, 0.3) is 10.6 Å². The Balaban J connectivity index is 1.80. The van der Waals surface area contributed by atoms with Gasteiger partial charge in [-0.05, 0) is 25.1 Å². The molecule has 1 heterocycles. The van der Waals surface area contributed by atoms with Crippen molar-refractivity contribution >= 4 is 11.3 Å². The summed E-state index contributed by atoms with van der Waals surface area (Å²) >= 11 is 1.58. The first kappa shape index (κ1) is 14.9. The lowest BCUT2D eigenvalue weighted by molar-refractivity contribution is 0.199. The van der Waals surface area contributed by atoms with Gasteiger partial charge in [-0.25, -0.2) is 0 Å². The summed E-state index contributed by atoms with van der Waals surface area (Å²) < 4.78 is 4.97. The van der Waals surface area contributed by atoms with Crippen LogP contribution in [0.5, 0.6) is 5.75 Å². The van der Waals surface area contributed by atoms with Crippen molar-refractivity contribution in [2.75, 3.05) is 26.8 Å². The number of nitrogens with zero attached hydrogens (tertiary/aromatic N) is 2. The Labute approximate surface area is 122 Å². The van der Waals surface area contributed by atoms with Crippen molar-refractivity contribution in [2.45, 2.75) is 12.8 Å². The Bertz CT molecular complexity index is 531. The summed E-state index contributed by atoms with van der Waals surface area (Å²) in [5.41, 5.74) is 0.909. The normalized spacial score (nSPS) is 10.8. The van der Waals surface area contributed by atoms with Gasteiger partial charge in [-0.1, -0.05) is 23.5 Å². The number of phenolic OH excluding ortho intramolecular Hbond substituents is 1. The summed E-state index contributed by atoms with van der Waals surface area (Å²) in [5.74, 6) is 0.251. The predicted octanol–water partition coefficient (Wildman–Crippen LogP) is 2.08. The molecule has 0 aliphatic rings. The van der Waals surface area contributed by atoms with E-state index in [0.717, 1.165) is 48.1 Å². The van der Waals surface area contributed by atoms with Crippen LogP contribution in [0.4, 0.5) is 0 Å². The van der Waals surface area contributed by atoms with Crippen molar-refractivity contribution in [3.63, 3.8) is 0 Å². The van der Waals surface area contributed by atoms with Gasteiger partial charge in [0, 0.05) is 25.6 Å². The topological polar surface area (TPSA) is 67.3 Å². The standard InChI is InChI=1S/C14H19N3O2S/c1-19-9-8-15-7-3-6-13-16-17-14(20-13)11-4-2-5-12(18)10-11/h2,4-5,10,15,18H,3,6-9H2,1H3. The minimum absolute atomic E-state index is 0.251. The fraction of sp³-hybridized carbons (Fsp3) is 0.429. The van der Waals surface area contributed by atoms with Crippen molar-refractivity contribution < 1.29 is 9.84 Å². The van der Waals surface area contributed by atoms with Crippen molar-refractivity contribution in [3.8, 4) is 16.3 Å². The highest BCUT2D eigenvalue weighted by molar-refractivity contribution is 7.14. The molecule has 0 fully saturated rings. The van der Waals surface area contributed by atoms with Crippen molar-refractivity contribution in [3.05, 3.63) is 29.3 Å². The number of ether oxygens (including phenoxy) is 1. The van der Waals surface area contributed by atoms with Gasteiger partial charge < -0.3 is 15.2 Å². The van der Waals surface area contributed by atoms with Crippen LogP contribution in [0.15, 0.2) is 24.3 Å². The Morgan fingerprint density at radius 2 is 2.20 bits per heavy atom. The molecule has 0 unspecified atom stereocenters. The number of aromatic hydroxyl groups is 1. The average molecular weight is 293 g/mol. The maximum Gasteiger partial charge on any atom is 0.147 e. The Hall–Kier alpha value is -1.50. The molecule has 0 spiro atoms. The molecule has 0 radical (unpaired) electrons. The number of nitrogens with one attached hydrogen (secondary N) is 1. The number of hydrogen-bond donors (Lipinski definition) is 2. The molecule has 0 aliphatic carbocycles. The highest BCUT2D eigenvalue weighted by Crippen LogP contribution is 2.26. The van der Waals surface area contributed by atoms with Gasteiger partial charge in [0.25, 0.3) is 0 Å². The fourth-order valence-electron chi connectivity index (χ4n) is 1.77. The lowest BCUT2D eigenvalue weighted by Gasteiger charge is -2.01. The lowest BCUT2D eigenvalue weighted by Crippen LogP contribution is -2.20. The number of benzene rings is 1. The quantitative estimate of drug-likeness (QED) is 0.729. The van der Waals surface area contributed by atoms with Crippen LogP contribution in [0.2, 0.25) is 0 Å². The van der Waals surface area contributed by atoms with Gasteiger partial charge in [0.15, 0.2) is 0 Å². The van der Waals surface area contributed by atoms with Crippen LogP contribution in [-0.4, -0.2) is 42.1 Å². The molecule has 2 N–H and O–H groups in total. The molecule has 5 nitrogen and oxygen atoms in total. The maximum atomic E-state index is 9.46. The number of methoxy groups -OCH3 is 1. The molecule has 2 rings (SSSR count). The van der Waals surface area contributed by atoms with Gasteiger partial charge >= 0.3 is 0 Å². The van der Waals surface area contributed by atoms with Crippen LogP contribution in [0.1, 0.15) is 11.4 Å². The van der Waals surface area contributed by atoms with E-state index in [0.29, 0.717) is 0 Å². The SMILES string of the molecule is COCCNCCCc1nnc(-c2cccc(O)c2)s1. The smallest absolute Gasteiger partial charge is 0.147 e. The van der Waals surface area contributed by atoms with E-state index in [9.17, 15) is 5.11 Å². The second kappa shape index (κ2) is 7.94. The zero-order valence-electron chi connectivity index (χ0n) is 11.5. The van der Waals surface area contributed by atoms with Crippen LogP contribution in [0, 0.1) is 0 Å². The van der Waals surface area contributed by atoms with Crippen LogP contribution >= 0.6 is 11.3 Å². The van der Waals surface area contributed by atoms with Gasteiger partial charge in [0.2, 0.25) is 0 Å². The number of phenols is 1. The molecule has 108 valence electrons. The van der Waals surface area contributed by atoms with Crippen LogP contribution in [0.3, 0.4) is 0 Å². The Kier molecular flexibility index (Phi) is 5.91. The summed E-state index contributed by atoms with van der Waals surface area (Å²) in [6, 6.07) is 7.09. The summed E-state index contributed by atoms with van der Waals surface area (Å²) in [5, 5.41) is 23.0. The first-order valence-corrected chi connectivity index (χ1v) is 7.42. The summed E-state index contributed by atoms with van der Waals surface area (Å²) in [6.07, 6.45) is 1.94. The molecule has 0 atom stereocenters. The van der Waals surface area contributed by atoms with E-state index in [-0.39, 0.29) is 5.75 Å². The molecule has 0 amide bonds. The third kappa shape index (κ3) is 4.56. The van der Waals surface area contributed by atoms with Gasteiger partial charge in [-0.3, -0.25) is 0 Å². The second-order valence-corrected chi connectivity index (χ2v) is 5.46.